The van der Waals surface area contributed by atoms with E-state index in [1.54, 1.807) is 24.3 Å². The summed E-state index contributed by atoms with van der Waals surface area (Å²) < 4.78 is 11.5. The van der Waals surface area contributed by atoms with Gasteiger partial charge in [-0.3, -0.25) is 0 Å². The maximum Gasteiger partial charge on any atom is 0.176 e. The van der Waals surface area contributed by atoms with Crippen LogP contribution in [0.25, 0.3) is 6.08 Å². The Balaban J connectivity index is 3.27. The van der Waals surface area contributed by atoms with Crippen molar-refractivity contribution in [2.45, 2.75) is 6.92 Å². The van der Waals surface area contributed by atoms with Crippen LogP contribution >= 0.6 is 22.6 Å². The monoisotopic (exact) mass is 379 g/mol. The summed E-state index contributed by atoms with van der Waals surface area (Å²) in [5, 5.41) is 26.1. The fraction of sp³-hybridized carbons (Fsp3) is 0.214. The number of hydrogen-bond donors (Lipinski definition) is 0. The van der Waals surface area contributed by atoms with Crippen LogP contribution in [0.4, 0.5) is 0 Å². The molecule has 0 aromatic heterocycles. The molecule has 0 amide bonds. The lowest BCUT2D eigenvalue weighted by Crippen LogP contribution is -2.01. The van der Waals surface area contributed by atoms with Crippen molar-refractivity contribution in [2.75, 3.05) is 13.2 Å². The summed E-state index contributed by atoms with van der Waals surface area (Å²) in [4.78, 5) is 0. The molecule has 100 valence electrons. The molecule has 1 aromatic rings. The zero-order valence-corrected chi connectivity index (χ0v) is 12.8. The smallest absolute Gasteiger partial charge is 0.176 e. The molecule has 0 unspecified atom stereocenters. The van der Waals surface area contributed by atoms with Crippen LogP contribution in [0.3, 0.4) is 0 Å². The van der Waals surface area contributed by atoms with E-state index < -0.39 is 0 Å². The Hall–Kier alpha value is -2.24. The molecule has 0 fully saturated rings. The van der Waals surface area contributed by atoms with E-state index in [1.165, 1.54) is 6.08 Å². The van der Waals surface area contributed by atoms with Crippen molar-refractivity contribution >= 4 is 28.7 Å². The van der Waals surface area contributed by atoms with Gasteiger partial charge in [0.05, 0.1) is 10.2 Å². The molecule has 20 heavy (non-hydrogen) atoms. The zero-order chi connectivity index (χ0) is 15.0. The Kier molecular flexibility index (Phi) is 6.36. The first-order chi connectivity index (χ1) is 9.65. The highest BCUT2D eigenvalue weighted by Crippen LogP contribution is 2.34. The minimum absolute atomic E-state index is 0.00828. The van der Waals surface area contributed by atoms with Crippen LogP contribution in [0.1, 0.15) is 12.5 Å². The molecule has 0 saturated heterocycles. The average molecular weight is 379 g/mol. The van der Waals surface area contributed by atoms with E-state index in [-0.39, 0.29) is 12.2 Å². The highest BCUT2D eigenvalue weighted by Gasteiger charge is 2.12. The number of halogens is 1. The van der Waals surface area contributed by atoms with Gasteiger partial charge in [-0.2, -0.15) is 15.8 Å². The second kappa shape index (κ2) is 8.04. The summed E-state index contributed by atoms with van der Waals surface area (Å²) in [5.74, 6) is 0.970. The van der Waals surface area contributed by atoms with Gasteiger partial charge in [0.2, 0.25) is 0 Å². The van der Waals surface area contributed by atoms with Crippen molar-refractivity contribution in [1.29, 1.82) is 15.8 Å². The molecular weight excluding hydrogens is 369 g/mol. The van der Waals surface area contributed by atoms with Gasteiger partial charge in [-0.05, 0) is 53.3 Å². The second-order valence-corrected chi connectivity index (χ2v) is 4.65. The molecule has 0 aliphatic rings. The molecule has 5 nitrogen and oxygen atoms in total. The first kappa shape index (κ1) is 15.8. The normalized spacial score (nSPS) is 8.75. The Labute approximate surface area is 130 Å². The summed E-state index contributed by atoms with van der Waals surface area (Å²) in [7, 11) is 0. The van der Waals surface area contributed by atoms with E-state index in [9.17, 15) is 0 Å². The van der Waals surface area contributed by atoms with Crippen LogP contribution in [0.2, 0.25) is 0 Å². The molecular formula is C14H10IN3O2. The van der Waals surface area contributed by atoms with E-state index >= 15 is 0 Å². The van der Waals surface area contributed by atoms with Gasteiger partial charge in [-0.1, -0.05) is 0 Å². The van der Waals surface area contributed by atoms with Gasteiger partial charge in [-0.15, -0.1) is 0 Å². The topological polar surface area (TPSA) is 89.8 Å². The number of hydrogen-bond acceptors (Lipinski definition) is 5. The number of rotatable bonds is 5. The first-order valence-electron chi connectivity index (χ1n) is 5.64. The standard InChI is InChI=1S/C14H10IN3O2/c1-2-19-13-7-10(5-11(8-17)9-18)6-12(15)14(13)20-4-3-16/h5-7H,2,4H2,1H3. The maximum absolute atomic E-state index is 8.77. The summed E-state index contributed by atoms with van der Waals surface area (Å²) in [6, 6.07) is 8.93. The molecule has 0 aliphatic carbocycles. The second-order valence-electron chi connectivity index (χ2n) is 3.49. The van der Waals surface area contributed by atoms with Crippen molar-refractivity contribution < 1.29 is 9.47 Å². The zero-order valence-electron chi connectivity index (χ0n) is 10.7. The van der Waals surface area contributed by atoms with Gasteiger partial charge >= 0.3 is 0 Å². The summed E-state index contributed by atoms with van der Waals surface area (Å²) in [6.45, 7) is 2.20. The van der Waals surface area contributed by atoms with Crippen molar-refractivity contribution in [1.82, 2.24) is 0 Å². The third-order valence-electron chi connectivity index (χ3n) is 2.16. The third kappa shape index (κ3) is 4.15. The van der Waals surface area contributed by atoms with Gasteiger partial charge in [-0.25, -0.2) is 0 Å². The van der Waals surface area contributed by atoms with Crippen LogP contribution in [-0.2, 0) is 0 Å². The summed E-state index contributed by atoms with van der Waals surface area (Å²) >= 11 is 2.05. The number of benzene rings is 1. The first-order valence-corrected chi connectivity index (χ1v) is 6.72. The van der Waals surface area contributed by atoms with E-state index in [1.807, 2.05) is 13.0 Å². The molecule has 1 aromatic carbocycles. The highest BCUT2D eigenvalue weighted by atomic mass is 127. The van der Waals surface area contributed by atoms with E-state index in [4.69, 9.17) is 25.3 Å². The molecule has 0 N–H and O–H groups in total. The van der Waals surface area contributed by atoms with Crippen LogP contribution in [0.5, 0.6) is 11.5 Å². The molecule has 0 atom stereocenters. The van der Waals surface area contributed by atoms with Gasteiger partial charge in [0.25, 0.3) is 0 Å². The quantitative estimate of drug-likeness (QED) is 0.580. The number of allylic oxidation sites excluding steroid dienone is 1. The lowest BCUT2D eigenvalue weighted by molar-refractivity contribution is 0.297. The van der Waals surface area contributed by atoms with Gasteiger partial charge in [0, 0.05) is 0 Å². The Morgan fingerprint density at radius 1 is 1.25 bits per heavy atom. The molecule has 0 aliphatic heterocycles. The number of nitrogens with zero attached hydrogens (tertiary/aromatic N) is 3. The van der Waals surface area contributed by atoms with E-state index in [0.29, 0.717) is 23.7 Å². The molecule has 0 bridgehead atoms. The Bertz CT molecular complexity index is 632. The molecule has 0 saturated carbocycles. The summed E-state index contributed by atoms with van der Waals surface area (Å²) in [6.07, 6.45) is 1.47. The van der Waals surface area contributed by atoms with Crippen molar-refractivity contribution in [3.63, 3.8) is 0 Å². The van der Waals surface area contributed by atoms with Crippen molar-refractivity contribution in [3.05, 3.63) is 26.8 Å². The predicted molar refractivity (Wildman–Crippen MR) is 80.6 cm³/mol. The minimum Gasteiger partial charge on any atom is -0.490 e. The molecule has 0 spiro atoms. The fourth-order valence-corrected chi connectivity index (χ4v) is 2.22. The van der Waals surface area contributed by atoms with Crippen molar-refractivity contribution in [2.24, 2.45) is 0 Å². The SMILES string of the molecule is CCOc1cc(C=C(C#N)C#N)cc(I)c1OCC#N. The Morgan fingerprint density at radius 2 is 1.95 bits per heavy atom. The fourth-order valence-electron chi connectivity index (χ4n) is 1.43. The molecule has 1 rings (SSSR count). The maximum atomic E-state index is 8.77. The predicted octanol–water partition coefficient (Wildman–Crippen LogP) is 3.02. The lowest BCUT2D eigenvalue weighted by atomic mass is 10.1. The molecule has 0 heterocycles. The lowest BCUT2D eigenvalue weighted by Gasteiger charge is -2.12. The summed E-state index contributed by atoms with van der Waals surface area (Å²) in [5.41, 5.74) is 0.675. The molecule has 0 radical (unpaired) electrons. The van der Waals surface area contributed by atoms with Crippen LogP contribution < -0.4 is 9.47 Å². The van der Waals surface area contributed by atoms with Gasteiger partial charge in [0.1, 0.15) is 23.8 Å². The molecule has 6 heteroatoms. The van der Waals surface area contributed by atoms with Gasteiger partial charge < -0.3 is 9.47 Å². The van der Waals surface area contributed by atoms with E-state index in [2.05, 4.69) is 22.6 Å². The van der Waals surface area contributed by atoms with Crippen LogP contribution in [0, 0.1) is 37.6 Å². The third-order valence-corrected chi connectivity index (χ3v) is 2.97. The minimum atomic E-state index is -0.0765. The highest BCUT2D eigenvalue weighted by molar-refractivity contribution is 14.1. The average Bonchev–Trinajstić information content (AvgIpc) is 2.44. The number of ether oxygens (including phenoxy) is 2. The van der Waals surface area contributed by atoms with Gasteiger partial charge in [0.15, 0.2) is 18.1 Å². The largest absolute Gasteiger partial charge is 0.490 e. The van der Waals surface area contributed by atoms with Crippen LogP contribution in [-0.4, -0.2) is 13.2 Å². The Morgan fingerprint density at radius 3 is 2.50 bits per heavy atom. The van der Waals surface area contributed by atoms with Crippen LogP contribution in [0.15, 0.2) is 17.7 Å². The number of nitriles is 3. The van der Waals surface area contributed by atoms with E-state index in [0.717, 1.165) is 3.57 Å². The van der Waals surface area contributed by atoms with Crippen molar-refractivity contribution in [3.8, 4) is 29.7 Å².